The van der Waals surface area contributed by atoms with Crippen LogP contribution in [-0.4, -0.2) is 19.7 Å². The van der Waals surface area contributed by atoms with Gasteiger partial charge in [0.2, 0.25) is 5.89 Å². The molecular formula is C19H28ClN5O. The Morgan fingerprint density at radius 2 is 1.88 bits per heavy atom. The van der Waals surface area contributed by atoms with Crippen LogP contribution < -0.4 is 5.73 Å². The Hall–Kier alpha value is -1.40. The lowest BCUT2D eigenvalue weighted by Crippen LogP contribution is -2.47. The van der Waals surface area contributed by atoms with Gasteiger partial charge in [0.25, 0.3) is 0 Å². The van der Waals surface area contributed by atoms with Crippen molar-refractivity contribution in [1.82, 2.24) is 19.7 Å². The maximum Gasteiger partial charge on any atom is 0.243 e. The van der Waals surface area contributed by atoms with Crippen molar-refractivity contribution >= 4 is 12.4 Å². The van der Waals surface area contributed by atoms with Crippen LogP contribution in [0.1, 0.15) is 62.0 Å². The molecule has 0 radical (unpaired) electrons. The number of nitrogens with two attached hydrogens (primary N) is 1. The monoisotopic (exact) mass is 377 g/mol. The molecule has 0 amide bonds. The van der Waals surface area contributed by atoms with Gasteiger partial charge in [-0.2, -0.15) is 4.98 Å². The molecule has 4 bridgehead atoms. The predicted octanol–water partition coefficient (Wildman–Crippen LogP) is 3.23. The molecule has 0 unspecified atom stereocenters. The van der Waals surface area contributed by atoms with E-state index in [-0.39, 0.29) is 18.4 Å². The number of aryl methyl sites for hydroxylation is 1. The second kappa shape index (κ2) is 6.64. The first-order valence-electron chi connectivity index (χ1n) is 9.62. The predicted molar refractivity (Wildman–Crippen MR) is 99.7 cm³/mol. The van der Waals surface area contributed by atoms with E-state index in [1.165, 1.54) is 38.5 Å². The minimum atomic E-state index is -0.285. The minimum absolute atomic E-state index is 0. The molecule has 0 saturated heterocycles. The molecule has 2 aromatic heterocycles. The molecule has 0 aliphatic heterocycles. The van der Waals surface area contributed by atoms with E-state index in [9.17, 15) is 0 Å². The molecule has 142 valence electrons. The topological polar surface area (TPSA) is 82.8 Å². The number of halogens is 1. The molecule has 2 N–H and O–H groups in total. The van der Waals surface area contributed by atoms with Gasteiger partial charge in [-0.3, -0.25) is 0 Å². The van der Waals surface area contributed by atoms with Gasteiger partial charge < -0.3 is 14.8 Å². The Labute approximate surface area is 160 Å². The van der Waals surface area contributed by atoms with Gasteiger partial charge in [0.05, 0.1) is 18.1 Å². The number of imidazole rings is 1. The minimum Gasteiger partial charge on any atom is -0.340 e. The molecule has 2 aromatic rings. The molecule has 0 aromatic carbocycles. The van der Waals surface area contributed by atoms with Crippen molar-refractivity contribution in [3.63, 3.8) is 0 Å². The molecule has 4 aliphatic carbocycles. The first kappa shape index (κ1) is 18.0. The van der Waals surface area contributed by atoms with Crippen molar-refractivity contribution in [2.45, 2.75) is 57.4 Å². The van der Waals surface area contributed by atoms with E-state index < -0.39 is 0 Å². The first-order chi connectivity index (χ1) is 12.1. The van der Waals surface area contributed by atoms with Crippen LogP contribution in [0.2, 0.25) is 0 Å². The number of nitrogens with zero attached hydrogens (tertiary/aromatic N) is 4. The molecule has 6 rings (SSSR count). The van der Waals surface area contributed by atoms with Crippen LogP contribution in [0, 0.1) is 23.2 Å². The average molecular weight is 378 g/mol. The molecule has 4 fully saturated rings. The largest absolute Gasteiger partial charge is 0.340 e. The van der Waals surface area contributed by atoms with Crippen molar-refractivity contribution in [2.24, 2.45) is 36.0 Å². The van der Waals surface area contributed by atoms with Gasteiger partial charge >= 0.3 is 0 Å². The number of rotatable bonds is 5. The van der Waals surface area contributed by atoms with Crippen molar-refractivity contribution in [2.75, 3.05) is 0 Å². The van der Waals surface area contributed by atoms with Crippen molar-refractivity contribution in [3.05, 3.63) is 29.9 Å². The standard InChI is InChI=1S/C19H27N5O.ClH/c1-24-10-15(21-11-24)5-16(20)18-22-17(23-25-18)9-19-6-12-2-13(7-19)4-14(3-12)8-19;/h10-14,16H,2-9,20H2,1H3;1H/t12?,13?,14?,16-,19?;/m0./s1. The average Bonchev–Trinajstić information content (AvgIpc) is 3.14. The Morgan fingerprint density at radius 3 is 2.46 bits per heavy atom. The second-order valence-corrected chi connectivity index (χ2v) is 8.98. The summed E-state index contributed by atoms with van der Waals surface area (Å²) < 4.78 is 7.42. The highest BCUT2D eigenvalue weighted by atomic mass is 35.5. The summed E-state index contributed by atoms with van der Waals surface area (Å²) in [6.07, 6.45) is 13.8. The third-order valence-corrected chi connectivity index (χ3v) is 6.69. The van der Waals surface area contributed by atoms with Gasteiger partial charge in [0.15, 0.2) is 5.82 Å². The summed E-state index contributed by atoms with van der Waals surface area (Å²) in [6.45, 7) is 0. The van der Waals surface area contributed by atoms with E-state index in [2.05, 4.69) is 15.1 Å². The summed E-state index contributed by atoms with van der Waals surface area (Å²) >= 11 is 0. The van der Waals surface area contributed by atoms with E-state index in [4.69, 9.17) is 10.3 Å². The van der Waals surface area contributed by atoms with Crippen LogP contribution in [0.25, 0.3) is 0 Å². The number of hydrogen-bond donors (Lipinski definition) is 1. The van der Waals surface area contributed by atoms with Crippen molar-refractivity contribution in [3.8, 4) is 0 Å². The smallest absolute Gasteiger partial charge is 0.243 e. The Morgan fingerprint density at radius 1 is 1.23 bits per heavy atom. The zero-order chi connectivity index (χ0) is 17.0. The third kappa shape index (κ3) is 3.29. The molecule has 4 aliphatic rings. The van der Waals surface area contributed by atoms with Crippen molar-refractivity contribution in [1.29, 1.82) is 0 Å². The highest BCUT2D eigenvalue weighted by molar-refractivity contribution is 5.85. The number of aromatic nitrogens is 4. The van der Waals surface area contributed by atoms with Gasteiger partial charge in [-0.15, -0.1) is 12.4 Å². The summed E-state index contributed by atoms with van der Waals surface area (Å²) in [5.74, 6) is 4.25. The molecule has 2 heterocycles. The highest BCUT2D eigenvalue weighted by Crippen LogP contribution is 2.60. The maximum absolute atomic E-state index is 6.27. The summed E-state index contributed by atoms with van der Waals surface area (Å²) in [5.41, 5.74) is 7.65. The van der Waals surface area contributed by atoms with Crippen LogP contribution in [0.3, 0.4) is 0 Å². The number of hydrogen-bond acceptors (Lipinski definition) is 5. The van der Waals surface area contributed by atoms with Gasteiger partial charge in [-0.05, 0) is 61.7 Å². The fraction of sp³-hybridized carbons (Fsp3) is 0.737. The lowest BCUT2D eigenvalue weighted by atomic mass is 9.49. The molecule has 0 spiro atoms. The highest BCUT2D eigenvalue weighted by Gasteiger charge is 2.51. The van der Waals surface area contributed by atoms with Crippen molar-refractivity contribution < 1.29 is 4.52 Å². The molecule has 7 heteroatoms. The Bertz CT molecular complexity index is 734. The lowest BCUT2D eigenvalue weighted by Gasteiger charge is -2.56. The van der Waals surface area contributed by atoms with E-state index in [0.717, 1.165) is 35.7 Å². The van der Waals surface area contributed by atoms with E-state index in [1.54, 1.807) is 6.33 Å². The third-order valence-electron chi connectivity index (χ3n) is 6.69. The van der Waals surface area contributed by atoms with Gasteiger partial charge in [-0.25, -0.2) is 4.98 Å². The molecule has 4 saturated carbocycles. The summed E-state index contributed by atoms with van der Waals surface area (Å²) in [4.78, 5) is 8.98. The fourth-order valence-corrected chi connectivity index (χ4v) is 6.22. The van der Waals surface area contributed by atoms with E-state index in [0.29, 0.717) is 17.7 Å². The SMILES string of the molecule is Cl.Cn1cnc(C[C@H](N)c2nc(CC34CC5CC(CC(C5)C3)C4)no2)c1. The zero-order valence-electron chi connectivity index (χ0n) is 15.3. The summed E-state index contributed by atoms with van der Waals surface area (Å²) in [7, 11) is 1.96. The quantitative estimate of drug-likeness (QED) is 0.864. The summed E-state index contributed by atoms with van der Waals surface area (Å²) in [5, 5.41) is 4.27. The maximum atomic E-state index is 6.27. The normalized spacial score (nSPS) is 33.2. The fourth-order valence-electron chi connectivity index (χ4n) is 6.22. The van der Waals surface area contributed by atoms with Gasteiger partial charge in [0, 0.05) is 26.1 Å². The lowest BCUT2D eigenvalue weighted by molar-refractivity contribution is -0.0533. The van der Waals surface area contributed by atoms with Crippen LogP contribution in [-0.2, 0) is 19.9 Å². The van der Waals surface area contributed by atoms with Crippen LogP contribution >= 0.6 is 12.4 Å². The molecule has 1 atom stereocenters. The van der Waals surface area contributed by atoms with E-state index in [1.807, 2.05) is 17.8 Å². The van der Waals surface area contributed by atoms with Crippen LogP contribution in [0.15, 0.2) is 17.0 Å². The Balaban J connectivity index is 0.00000168. The first-order valence-corrected chi connectivity index (χ1v) is 9.62. The summed E-state index contributed by atoms with van der Waals surface area (Å²) in [6, 6.07) is -0.285. The zero-order valence-corrected chi connectivity index (χ0v) is 16.1. The molecular weight excluding hydrogens is 350 g/mol. The molecule has 6 nitrogen and oxygen atoms in total. The second-order valence-electron chi connectivity index (χ2n) is 8.98. The van der Waals surface area contributed by atoms with Crippen LogP contribution in [0.4, 0.5) is 0 Å². The van der Waals surface area contributed by atoms with Crippen LogP contribution in [0.5, 0.6) is 0 Å². The van der Waals surface area contributed by atoms with Gasteiger partial charge in [0.1, 0.15) is 0 Å². The van der Waals surface area contributed by atoms with Gasteiger partial charge in [-0.1, -0.05) is 5.16 Å². The molecule has 26 heavy (non-hydrogen) atoms. The van der Waals surface area contributed by atoms with E-state index >= 15 is 0 Å². The Kier molecular flexibility index (Phi) is 4.59.